The van der Waals surface area contributed by atoms with Gasteiger partial charge in [-0.15, -0.1) is 0 Å². The summed E-state index contributed by atoms with van der Waals surface area (Å²) in [5, 5.41) is 2.59. The standard InChI is InChI=1S/C16H21N.C15H23N.C14H19NO.C14H21N.C14H19N.C14H22/c1-11(2)14-8-6-12-10-13(16(3,4)5)7-9-15(12)17-14;1-11(2)13-7-8-15-14(10-13)6-5-9-16(15)12(3)4;1-9(2)13-15-11-8-10(14(3,4)5)6-7-12(11)16-13;2*1-10(2)12-5-6-14-13(9-12)7-8-15(14)11(3)4;1-13(2,3)11-7-9-12(10-8-11)14(4,5)6/h6-11H,1-5H3;7-8,10-12H,5-6,9H2,1-4H3;6-9H,1-5H3;5-6,9-11H,7-8H2,1-4H3;5-11H,1-4H3;7-10H,1-6H3. The number of aromatic nitrogens is 3. The lowest BCUT2D eigenvalue weighted by atomic mass is 9.82. The van der Waals surface area contributed by atoms with Crippen LogP contribution in [0.1, 0.15) is 298 Å². The predicted molar refractivity (Wildman–Crippen MR) is 410 cm³/mol. The maximum Gasteiger partial charge on any atom is 0.198 e. The Morgan fingerprint density at radius 2 is 0.828 bits per heavy atom. The van der Waals surface area contributed by atoms with E-state index in [9.17, 15) is 0 Å². The maximum absolute atomic E-state index is 5.69. The Kier molecular flexibility index (Phi) is 25.7. The van der Waals surface area contributed by atoms with Crippen LogP contribution in [0.5, 0.6) is 0 Å². The maximum atomic E-state index is 5.69. The van der Waals surface area contributed by atoms with Crippen molar-refractivity contribution in [2.24, 2.45) is 0 Å². The van der Waals surface area contributed by atoms with Gasteiger partial charge in [0.25, 0.3) is 0 Å². The number of aryl methyl sites for hydroxylation is 1. The minimum atomic E-state index is 0.158. The molecule has 0 aliphatic carbocycles. The zero-order chi connectivity index (χ0) is 69.2. The molecule has 0 amide bonds. The van der Waals surface area contributed by atoms with E-state index < -0.39 is 0 Å². The molecule has 5 heterocycles. The van der Waals surface area contributed by atoms with Crippen LogP contribution in [-0.4, -0.2) is 39.7 Å². The minimum Gasteiger partial charge on any atom is -0.440 e. The van der Waals surface area contributed by atoms with Gasteiger partial charge in [-0.05, 0) is 222 Å². The van der Waals surface area contributed by atoms with Crippen LogP contribution >= 0.6 is 0 Å². The highest BCUT2D eigenvalue weighted by molar-refractivity contribution is 5.81. The monoisotopic (exact) mass is 1260 g/mol. The number of hydrogen-bond donors (Lipinski definition) is 0. The molecule has 6 aromatic carbocycles. The van der Waals surface area contributed by atoms with Crippen molar-refractivity contribution in [3.63, 3.8) is 0 Å². The number of benzene rings is 6. The van der Waals surface area contributed by atoms with Crippen molar-refractivity contribution in [1.82, 2.24) is 14.5 Å². The third-order valence-corrected chi connectivity index (χ3v) is 18.4. The van der Waals surface area contributed by atoms with Crippen molar-refractivity contribution in [2.75, 3.05) is 22.9 Å². The van der Waals surface area contributed by atoms with E-state index in [1.165, 1.54) is 110 Å². The van der Waals surface area contributed by atoms with Crippen molar-refractivity contribution in [3.05, 3.63) is 201 Å². The van der Waals surface area contributed by atoms with E-state index in [0.29, 0.717) is 47.7 Å². The van der Waals surface area contributed by atoms with Crippen LogP contribution in [-0.2, 0) is 34.5 Å². The number of hydrogen-bond acceptors (Lipinski definition) is 5. The highest BCUT2D eigenvalue weighted by atomic mass is 16.3. The fourth-order valence-corrected chi connectivity index (χ4v) is 11.9. The summed E-state index contributed by atoms with van der Waals surface area (Å²) in [4.78, 5) is 14.2. The predicted octanol–water partition coefficient (Wildman–Crippen LogP) is 25.1. The molecule has 93 heavy (non-hydrogen) atoms. The first kappa shape index (κ1) is 75.4. The van der Waals surface area contributed by atoms with E-state index in [4.69, 9.17) is 9.40 Å². The van der Waals surface area contributed by atoms with Crippen LogP contribution in [0, 0.1) is 0 Å². The molecule has 2 aliphatic heterocycles. The smallest absolute Gasteiger partial charge is 0.198 e. The van der Waals surface area contributed by atoms with Crippen LogP contribution in [0.4, 0.5) is 11.4 Å². The van der Waals surface area contributed by atoms with E-state index in [2.05, 4.69) is 347 Å². The Bertz CT molecular complexity index is 3760. The van der Waals surface area contributed by atoms with Crippen LogP contribution in [0.3, 0.4) is 0 Å². The van der Waals surface area contributed by atoms with E-state index in [1.807, 2.05) is 6.07 Å². The summed E-state index contributed by atoms with van der Waals surface area (Å²) >= 11 is 0. The van der Waals surface area contributed by atoms with Gasteiger partial charge in [0.1, 0.15) is 5.52 Å². The molecule has 0 saturated heterocycles. The molecular weight excluding hydrogens is 1130 g/mol. The molecule has 504 valence electrons. The third-order valence-electron chi connectivity index (χ3n) is 18.4. The fourth-order valence-electron chi connectivity index (χ4n) is 11.9. The van der Waals surface area contributed by atoms with Gasteiger partial charge in [-0.1, -0.05) is 225 Å². The number of rotatable bonds is 8. The topological polar surface area (TPSA) is 50.3 Å². The Hall–Kier alpha value is -6.66. The fraction of sp³-hybridized carbons (Fsp3) is 0.517. The van der Waals surface area contributed by atoms with E-state index in [1.54, 1.807) is 5.56 Å². The molecule has 11 rings (SSSR count). The molecule has 0 saturated carbocycles. The molecule has 0 radical (unpaired) electrons. The first-order chi connectivity index (χ1) is 43.2. The van der Waals surface area contributed by atoms with Crippen molar-refractivity contribution in [3.8, 4) is 0 Å². The quantitative estimate of drug-likeness (QED) is 0.152. The molecule has 0 bridgehead atoms. The Morgan fingerprint density at radius 1 is 0.366 bits per heavy atom. The molecule has 0 N–H and O–H groups in total. The second-order valence-corrected chi connectivity index (χ2v) is 33.1. The van der Waals surface area contributed by atoms with Gasteiger partial charge in [0.2, 0.25) is 0 Å². The van der Waals surface area contributed by atoms with Gasteiger partial charge in [0.15, 0.2) is 11.5 Å². The van der Waals surface area contributed by atoms with Crippen molar-refractivity contribution in [2.45, 2.75) is 283 Å². The summed E-state index contributed by atoms with van der Waals surface area (Å²) in [6, 6.07) is 51.0. The van der Waals surface area contributed by atoms with Crippen molar-refractivity contribution < 1.29 is 4.42 Å². The Labute approximate surface area is 566 Å². The zero-order valence-electron chi connectivity index (χ0n) is 63.6. The zero-order valence-corrected chi connectivity index (χ0v) is 63.6. The Morgan fingerprint density at radius 3 is 1.30 bits per heavy atom. The minimum absolute atomic E-state index is 0.158. The average Bonchev–Trinajstić information content (AvgIpc) is 1.82. The molecule has 0 unspecified atom stereocenters. The van der Waals surface area contributed by atoms with Gasteiger partial charge < -0.3 is 18.8 Å². The molecule has 6 heteroatoms. The molecule has 9 aromatic rings. The summed E-state index contributed by atoms with van der Waals surface area (Å²) in [6.07, 6.45) is 5.94. The lowest BCUT2D eigenvalue weighted by Crippen LogP contribution is -2.35. The van der Waals surface area contributed by atoms with E-state index in [-0.39, 0.29) is 21.7 Å². The summed E-state index contributed by atoms with van der Waals surface area (Å²) in [6.45, 7) is 64.9. The van der Waals surface area contributed by atoms with Gasteiger partial charge in [-0.3, -0.25) is 4.98 Å². The van der Waals surface area contributed by atoms with Crippen LogP contribution in [0.25, 0.3) is 32.9 Å². The van der Waals surface area contributed by atoms with Gasteiger partial charge >= 0.3 is 0 Å². The second-order valence-electron chi connectivity index (χ2n) is 33.1. The summed E-state index contributed by atoms with van der Waals surface area (Å²) in [7, 11) is 0. The first-order valence-corrected chi connectivity index (χ1v) is 35.6. The number of oxazole rings is 1. The van der Waals surface area contributed by atoms with Gasteiger partial charge in [-0.2, -0.15) is 0 Å². The van der Waals surface area contributed by atoms with Crippen LogP contribution in [0.2, 0.25) is 0 Å². The van der Waals surface area contributed by atoms with Crippen molar-refractivity contribution >= 4 is 44.3 Å². The van der Waals surface area contributed by atoms with Gasteiger partial charge in [0, 0.05) is 71.3 Å². The molecule has 0 atom stereocenters. The number of nitrogens with zero attached hydrogens (tertiary/aromatic N) is 5. The van der Waals surface area contributed by atoms with E-state index >= 15 is 0 Å². The molecule has 3 aromatic heterocycles. The van der Waals surface area contributed by atoms with Gasteiger partial charge in [-0.25, -0.2) is 4.98 Å². The largest absolute Gasteiger partial charge is 0.440 e. The summed E-state index contributed by atoms with van der Waals surface area (Å²) < 4.78 is 8.00. The second kappa shape index (κ2) is 31.7. The highest BCUT2D eigenvalue weighted by Gasteiger charge is 2.24. The Balaban J connectivity index is 0.000000177. The SMILES string of the molecule is CC(C)(C)c1ccc(C(C)(C)C)cc1.CC(C)c1ccc2c(c1)CCCN2C(C)C.CC(C)c1ccc2c(c1)CCN2C(C)C.CC(C)c1ccc2c(ccn2C(C)C)c1.CC(C)c1ccc2cc(C(C)(C)C)ccc2n1.CC(C)c1nc2cc(C(C)(C)C)ccc2o1. The first-order valence-electron chi connectivity index (χ1n) is 35.6. The summed E-state index contributed by atoms with van der Waals surface area (Å²) in [5.74, 6) is 3.54. The van der Waals surface area contributed by atoms with Gasteiger partial charge in [0.05, 0.1) is 5.52 Å². The average molecular weight is 1260 g/mol. The normalized spacial score (nSPS) is 13.5. The van der Waals surface area contributed by atoms with Crippen LogP contribution in [0.15, 0.2) is 144 Å². The number of pyridine rings is 1. The number of anilines is 2. The van der Waals surface area contributed by atoms with Crippen LogP contribution < -0.4 is 9.80 Å². The number of fused-ring (bicyclic) bond motifs is 5. The molecule has 0 spiro atoms. The molecule has 0 fully saturated rings. The lowest BCUT2D eigenvalue weighted by Gasteiger charge is -2.35. The molecule has 6 nitrogen and oxygen atoms in total. The van der Waals surface area contributed by atoms with Crippen molar-refractivity contribution in [1.29, 1.82) is 0 Å². The van der Waals surface area contributed by atoms with E-state index in [0.717, 1.165) is 22.5 Å². The lowest BCUT2D eigenvalue weighted by molar-refractivity contribution is 0.501. The highest BCUT2D eigenvalue weighted by Crippen LogP contribution is 2.35. The molecular formula is C87H125N5O. The summed E-state index contributed by atoms with van der Waals surface area (Å²) in [5.41, 5.74) is 22.2. The molecule has 2 aliphatic rings. The third kappa shape index (κ3) is 20.7.